The van der Waals surface area contributed by atoms with E-state index in [2.05, 4.69) is 24.3 Å². The maximum absolute atomic E-state index is 14.4. The van der Waals surface area contributed by atoms with Crippen LogP contribution in [0.25, 0.3) is 6.08 Å². The van der Waals surface area contributed by atoms with E-state index >= 15 is 0 Å². The SMILES string of the molecule is Fc1ccccc1N1N=C(/C=C\c2ccccc2)C[C@H]1c1ccccc1. The number of halogens is 1. The molecule has 0 saturated heterocycles. The molecule has 4 rings (SSSR count). The number of hydrazone groups is 1. The van der Waals surface area contributed by atoms with Crippen molar-refractivity contribution < 1.29 is 4.39 Å². The lowest BCUT2D eigenvalue weighted by Gasteiger charge is -2.24. The van der Waals surface area contributed by atoms with Gasteiger partial charge in [0.2, 0.25) is 0 Å². The predicted octanol–water partition coefficient (Wildman–Crippen LogP) is 5.85. The summed E-state index contributed by atoms with van der Waals surface area (Å²) < 4.78 is 14.4. The van der Waals surface area contributed by atoms with Crippen molar-refractivity contribution in [3.8, 4) is 0 Å². The van der Waals surface area contributed by atoms with E-state index in [1.807, 2.05) is 54.6 Å². The van der Waals surface area contributed by atoms with Crippen molar-refractivity contribution in [1.29, 1.82) is 0 Å². The highest BCUT2D eigenvalue weighted by Gasteiger charge is 2.29. The molecular formula is C23H19FN2. The van der Waals surface area contributed by atoms with Crippen LogP contribution in [0.1, 0.15) is 23.6 Å². The van der Waals surface area contributed by atoms with Gasteiger partial charge in [0, 0.05) is 6.42 Å². The number of hydrogen-bond acceptors (Lipinski definition) is 2. The molecule has 1 atom stereocenters. The molecule has 0 aromatic heterocycles. The Balaban J connectivity index is 1.68. The van der Waals surface area contributed by atoms with Gasteiger partial charge in [-0.25, -0.2) is 4.39 Å². The summed E-state index contributed by atoms with van der Waals surface area (Å²) in [4.78, 5) is 0. The Morgan fingerprint density at radius 1 is 0.808 bits per heavy atom. The summed E-state index contributed by atoms with van der Waals surface area (Å²) in [6, 6.07) is 27.0. The molecule has 0 fully saturated rings. The summed E-state index contributed by atoms with van der Waals surface area (Å²) in [6.07, 6.45) is 4.81. The van der Waals surface area contributed by atoms with Crippen molar-refractivity contribution in [1.82, 2.24) is 0 Å². The van der Waals surface area contributed by atoms with Gasteiger partial charge in [0.25, 0.3) is 0 Å². The standard InChI is InChI=1S/C23H19FN2/c24-21-13-7-8-14-22(21)26-23(19-11-5-2-6-12-19)17-20(25-26)16-15-18-9-3-1-4-10-18/h1-16,23H,17H2/b16-15-/t23-/m0/s1. The molecule has 1 aliphatic heterocycles. The highest BCUT2D eigenvalue weighted by molar-refractivity contribution is 6.01. The average molecular weight is 342 g/mol. The third kappa shape index (κ3) is 3.42. The zero-order valence-corrected chi connectivity index (χ0v) is 14.3. The van der Waals surface area contributed by atoms with Crippen LogP contribution in [0.3, 0.4) is 0 Å². The Morgan fingerprint density at radius 3 is 2.19 bits per heavy atom. The lowest BCUT2D eigenvalue weighted by molar-refractivity contribution is 0.606. The van der Waals surface area contributed by atoms with Crippen molar-refractivity contribution in [2.45, 2.75) is 12.5 Å². The van der Waals surface area contributed by atoms with Gasteiger partial charge >= 0.3 is 0 Å². The summed E-state index contributed by atoms with van der Waals surface area (Å²) in [6.45, 7) is 0. The van der Waals surface area contributed by atoms with Crippen LogP contribution in [-0.4, -0.2) is 5.71 Å². The molecule has 128 valence electrons. The summed E-state index contributed by atoms with van der Waals surface area (Å²) in [5, 5.41) is 6.52. The van der Waals surface area contributed by atoms with E-state index in [-0.39, 0.29) is 11.9 Å². The molecule has 1 aliphatic rings. The summed E-state index contributed by atoms with van der Waals surface area (Å²) >= 11 is 0. The topological polar surface area (TPSA) is 15.6 Å². The molecular weight excluding hydrogens is 323 g/mol. The van der Waals surface area contributed by atoms with Gasteiger partial charge in [-0.3, -0.25) is 5.01 Å². The first kappa shape index (κ1) is 16.3. The fourth-order valence-corrected chi connectivity index (χ4v) is 3.18. The second kappa shape index (κ2) is 7.36. The van der Waals surface area contributed by atoms with Crippen molar-refractivity contribution in [2.75, 3.05) is 5.01 Å². The molecule has 0 N–H and O–H groups in total. The third-order valence-electron chi connectivity index (χ3n) is 4.49. The lowest BCUT2D eigenvalue weighted by Crippen LogP contribution is -2.19. The van der Waals surface area contributed by atoms with E-state index in [9.17, 15) is 4.39 Å². The number of anilines is 1. The summed E-state index contributed by atoms with van der Waals surface area (Å²) in [7, 11) is 0. The van der Waals surface area contributed by atoms with Gasteiger partial charge in [-0.05, 0) is 29.3 Å². The molecule has 2 nitrogen and oxygen atoms in total. The first-order chi connectivity index (χ1) is 12.8. The number of para-hydroxylation sites is 1. The number of hydrogen-bond donors (Lipinski definition) is 0. The van der Waals surface area contributed by atoms with E-state index < -0.39 is 0 Å². The smallest absolute Gasteiger partial charge is 0.148 e. The van der Waals surface area contributed by atoms with Crippen LogP contribution in [0.2, 0.25) is 0 Å². The quantitative estimate of drug-likeness (QED) is 0.581. The van der Waals surface area contributed by atoms with Crippen LogP contribution in [0.4, 0.5) is 10.1 Å². The number of nitrogens with zero attached hydrogens (tertiary/aromatic N) is 2. The fourth-order valence-electron chi connectivity index (χ4n) is 3.18. The van der Waals surface area contributed by atoms with Crippen molar-refractivity contribution in [3.05, 3.63) is 108 Å². The van der Waals surface area contributed by atoms with Gasteiger partial charge in [0.15, 0.2) is 0 Å². The summed E-state index contributed by atoms with van der Waals surface area (Å²) in [5.41, 5.74) is 3.69. The van der Waals surface area contributed by atoms with Crippen molar-refractivity contribution in [2.24, 2.45) is 5.10 Å². The minimum atomic E-state index is -0.259. The van der Waals surface area contributed by atoms with E-state index in [4.69, 9.17) is 5.10 Å². The van der Waals surface area contributed by atoms with Gasteiger partial charge in [-0.15, -0.1) is 0 Å². The van der Waals surface area contributed by atoms with Crippen LogP contribution >= 0.6 is 0 Å². The highest BCUT2D eigenvalue weighted by Crippen LogP contribution is 2.36. The zero-order chi connectivity index (χ0) is 17.8. The maximum Gasteiger partial charge on any atom is 0.148 e. The third-order valence-corrected chi connectivity index (χ3v) is 4.49. The lowest BCUT2D eigenvalue weighted by atomic mass is 10.0. The zero-order valence-electron chi connectivity index (χ0n) is 14.3. The minimum absolute atomic E-state index is 0.0106. The van der Waals surface area contributed by atoms with Gasteiger partial charge < -0.3 is 0 Å². The van der Waals surface area contributed by atoms with Gasteiger partial charge in [-0.2, -0.15) is 5.10 Å². The minimum Gasteiger partial charge on any atom is -0.254 e. The first-order valence-electron chi connectivity index (χ1n) is 8.70. The molecule has 26 heavy (non-hydrogen) atoms. The molecule has 0 amide bonds. The molecule has 0 spiro atoms. The number of rotatable bonds is 4. The van der Waals surface area contributed by atoms with Gasteiger partial charge in [0.1, 0.15) is 5.82 Å². The van der Waals surface area contributed by atoms with Crippen LogP contribution in [0.5, 0.6) is 0 Å². The molecule has 3 heteroatoms. The van der Waals surface area contributed by atoms with Crippen LogP contribution in [0.15, 0.2) is 96.1 Å². The predicted molar refractivity (Wildman–Crippen MR) is 106 cm³/mol. The molecule has 3 aromatic carbocycles. The molecule has 1 heterocycles. The number of benzene rings is 3. The Labute approximate surface area is 152 Å². The van der Waals surface area contributed by atoms with Crippen LogP contribution in [-0.2, 0) is 0 Å². The van der Waals surface area contributed by atoms with E-state index in [0.29, 0.717) is 5.69 Å². The molecule has 0 aliphatic carbocycles. The molecule has 0 unspecified atom stereocenters. The molecule has 3 aromatic rings. The second-order valence-electron chi connectivity index (χ2n) is 6.26. The summed E-state index contributed by atoms with van der Waals surface area (Å²) in [5.74, 6) is -0.259. The average Bonchev–Trinajstić information content (AvgIpc) is 3.12. The van der Waals surface area contributed by atoms with Crippen LogP contribution < -0.4 is 5.01 Å². The van der Waals surface area contributed by atoms with Crippen molar-refractivity contribution >= 4 is 17.5 Å². The van der Waals surface area contributed by atoms with Crippen molar-refractivity contribution in [3.63, 3.8) is 0 Å². The van der Waals surface area contributed by atoms with Gasteiger partial charge in [0.05, 0.1) is 17.4 Å². The normalized spacial score (nSPS) is 16.9. The Bertz CT molecular complexity index is 933. The van der Waals surface area contributed by atoms with E-state index in [1.165, 1.54) is 6.07 Å². The Kier molecular flexibility index (Phi) is 4.61. The number of allylic oxidation sites excluding steroid dienone is 1. The van der Waals surface area contributed by atoms with Gasteiger partial charge in [-0.1, -0.05) is 78.9 Å². The Morgan fingerprint density at radius 2 is 1.46 bits per heavy atom. The largest absolute Gasteiger partial charge is 0.254 e. The first-order valence-corrected chi connectivity index (χ1v) is 8.70. The Hall–Kier alpha value is -3.20. The monoisotopic (exact) mass is 342 g/mol. The molecule has 0 bridgehead atoms. The van der Waals surface area contributed by atoms with E-state index in [1.54, 1.807) is 17.1 Å². The molecule has 0 saturated carbocycles. The highest BCUT2D eigenvalue weighted by atomic mass is 19.1. The second-order valence-corrected chi connectivity index (χ2v) is 6.26. The van der Waals surface area contributed by atoms with Crippen LogP contribution in [0, 0.1) is 5.82 Å². The molecule has 0 radical (unpaired) electrons. The van der Waals surface area contributed by atoms with E-state index in [0.717, 1.165) is 23.3 Å². The maximum atomic E-state index is 14.4. The fraction of sp³-hybridized carbons (Fsp3) is 0.0870.